The van der Waals surface area contributed by atoms with Crippen molar-refractivity contribution < 1.29 is 14.5 Å². The molecule has 0 aliphatic carbocycles. The van der Waals surface area contributed by atoms with Gasteiger partial charge in [0, 0.05) is 30.1 Å². The topological polar surface area (TPSA) is 127 Å². The third-order valence-electron chi connectivity index (χ3n) is 3.16. The second-order valence-corrected chi connectivity index (χ2v) is 4.96. The Morgan fingerprint density at radius 3 is 2.68 bits per heavy atom. The predicted molar refractivity (Wildman–Crippen MR) is 90.0 cm³/mol. The fourth-order valence-corrected chi connectivity index (χ4v) is 1.85. The number of nitro groups is 1. The highest BCUT2D eigenvalue weighted by Gasteiger charge is 2.09. The number of rotatable bonds is 6. The van der Waals surface area contributed by atoms with Gasteiger partial charge in [0.15, 0.2) is 0 Å². The molecule has 0 aliphatic heterocycles. The van der Waals surface area contributed by atoms with E-state index in [0.717, 1.165) is 0 Å². The Morgan fingerprint density at radius 1 is 1.24 bits per heavy atom. The standard InChI is InChI=1S/C16H15N5O4/c1-11(12-4-2-6-14(8-12)21(24)25)19-20-15(22)10-18-16(23)13-5-3-7-17-9-13/h2-9H,10H2,1H3,(H,18,23)(H,20,22)/b19-11+. The number of nitrogens with zero attached hydrogens (tertiary/aromatic N) is 3. The summed E-state index contributed by atoms with van der Waals surface area (Å²) in [5, 5.41) is 17.1. The SMILES string of the molecule is C/C(=N\NC(=O)CNC(=O)c1cccnc1)c1cccc([N+](=O)[O-])c1. The highest BCUT2D eigenvalue weighted by Crippen LogP contribution is 2.13. The van der Waals surface area contributed by atoms with E-state index >= 15 is 0 Å². The molecule has 0 atom stereocenters. The highest BCUT2D eigenvalue weighted by atomic mass is 16.6. The quantitative estimate of drug-likeness (QED) is 0.464. The molecular weight excluding hydrogens is 326 g/mol. The van der Waals surface area contributed by atoms with E-state index in [2.05, 4.69) is 20.8 Å². The van der Waals surface area contributed by atoms with Gasteiger partial charge in [-0.1, -0.05) is 12.1 Å². The maximum atomic E-state index is 11.8. The van der Waals surface area contributed by atoms with Gasteiger partial charge in [0.1, 0.15) is 0 Å². The predicted octanol–water partition coefficient (Wildman–Crippen LogP) is 1.26. The summed E-state index contributed by atoms with van der Waals surface area (Å²) in [6.45, 7) is 1.34. The Morgan fingerprint density at radius 2 is 2.00 bits per heavy atom. The summed E-state index contributed by atoms with van der Waals surface area (Å²) >= 11 is 0. The second-order valence-electron chi connectivity index (χ2n) is 4.96. The van der Waals surface area contributed by atoms with Gasteiger partial charge in [0.05, 0.1) is 22.7 Å². The number of nitro benzene ring substituents is 1. The minimum atomic E-state index is -0.526. The summed E-state index contributed by atoms with van der Waals surface area (Å²) in [5.41, 5.74) is 3.46. The molecule has 1 heterocycles. The molecule has 0 saturated heterocycles. The van der Waals surface area contributed by atoms with Crippen molar-refractivity contribution >= 4 is 23.2 Å². The minimum Gasteiger partial charge on any atom is -0.343 e. The maximum Gasteiger partial charge on any atom is 0.270 e. The lowest BCUT2D eigenvalue weighted by molar-refractivity contribution is -0.384. The van der Waals surface area contributed by atoms with E-state index in [1.54, 1.807) is 25.1 Å². The van der Waals surface area contributed by atoms with Gasteiger partial charge >= 0.3 is 0 Å². The van der Waals surface area contributed by atoms with Crippen LogP contribution in [0.25, 0.3) is 0 Å². The Hall–Kier alpha value is -3.62. The van der Waals surface area contributed by atoms with Crippen LogP contribution in [0.5, 0.6) is 0 Å². The molecule has 25 heavy (non-hydrogen) atoms. The Kier molecular flexibility index (Phi) is 5.88. The number of carbonyl (C=O) groups excluding carboxylic acids is 2. The van der Waals surface area contributed by atoms with Gasteiger partial charge in [-0.25, -0.2) is 5.43 Å². The molecule has 0 radical (unpaired) electrons. The maximum absolute atomic E-state index is 11.8. The summed E-state index contributed by atoms with van der Waals surface area (Å²) < 4.78 is 0. The first-order valence-corrected chi connectivity index (χ1v) is 7.23. The molecule has 2 amide bonds. The molecular formula is C16H15N5O4. The van der Waals surface area contributed by atoms with Crippen molar-refractivity contribution in [1.29, 1.82) is 0 Å². The van der Waals surface area contributed by atoms with Crippen LogP contribution < -0.4 is 10.7 Å². The monoisotopic (exact) mass is 341 g/mol. The molecule has 1 aromatic heterocycles. The van der Waals surface area contributed by atoms with Crippen LogP contribution in [-0.4, -0.2) is 34.0 Å². The number of aromatic nitrogens is 1. The van der Waals surface area contributed by atoms with E-state index in [-0.39, 0.29) is 12.2 Å². The lowest BCUT2D eigenvalue weighted by Gasteiger charge is -2.05. The number of amides is 2. The van der Waals surface area contributed by atoms with Crippen LogP contribution >= 0.6 is 0 Å². The molecule has 0 aliphatic rings. The smallest absolute Gasteiger partial charge is 0.270 e. The molecule has 0 saturated carbocycles. The van der Waals surface area contributed by atoms with Crippen molar-refractivity contribution in [3.05, 3.63) is 70.0 Å². The first-order chi connectivity index (χ1) is 12.0. The molecule has 9 heteroatoms. The molecule has 2 N–H and O–H groups in total. The van der Waals surface area contributed by atoms with E-state index in [1.165, 1.54) is 30.6 Å². The first-order valence-electron chi connectivity index (χ1n) is 7.23. The van der Waals surface area contributed by atoms with E-state index in [4.69, 9.17) is 0 Å². The fourth-order valence-electron chi connectivity index (χ4n) is 1.85. The van der Waals surface area contributed by atoms with Gasteiger partial charge < -0.3 is 5.32 Å². The summed E-state index contributed by atoms with van der Waals surface area (Å²) in [6.07, 6.45) is 2.92. The van der Waals surface area contributed by atoms with Crippen LogP contribution in [0.2, 0.25) is 0 Å². The van der Waals surface area contributed by atoms with Crippen LogP contribution in [0, 0.1) is 10.1 Å². The Bertz CT molecular complexity index is 820. The normalized spacial score (nSPS) is 10.8. The number of carbonyl (C=O) groups is 2. The van der Waals surface area contributed by atoms with E-state index in [9.17, 15) is 19.7 Å². The van der Waals surface area contributed by atoms with Gasteiger partial charge in [-0.15, -0.1) is 0 Å². The zero-order chi connectivity index (χ0) is 18.2. The molecule has 2 aromatic rings. The minimum absolute atomic E-state index is 0.0675. The summed E-state index contributed by atoms with van der Waals surface area (Å²) in [5.74, 6) is -0.954. The Balaban J connectivity index is 1.90. The van der Waals surface area contributed by atoms with Crippen LogP contribution in [0.1, 0.15) is 22.8 Å². The lowest BCUT2D eigenvalue weighted by Crippen LogP contribution is -2.35. The highest BCUT2D eigenvalue weighted by molar-refractivity contribution is 6.00. The summed E-state index contributed by atoms with van der Waals surface area (Å²) in [6, 6.07) is 9.08. The average Bonchev–Trinajstić information content (AvgIpc) is 2.64. The molecule has 2 rings (SSSR count). The van der Waals surface area contributed by atoms with Crippen LogP contribution in [0.4, 0.5) is 5.69 Å². The lowest BCUT2D eigenvalue weighted by atomic mass is 10.1. The zero-order valence-corrected chi connectivity index (χ0v) is 13.3. The summed E-state index contributed by atoms with van der Waals surface area (Å²) in [4.78, 5) is 37.6. The molecule has 1 aromatic carbocycles. The number of pyridine rings is 1. The number of nitrogens with one attached hydrogen (secondary N) is 2. The van der Waals surface area contributed by atoms with Gasteiger partial charge in [-0.05, 0) is 19.1 Å². The average molecular weight is 341 g/mol. The molecule has 0 bridgehead atoms. The molecule has 0 fully saturated rings. The molecule has 128 valence electrons. The van der Waals surface area contributed by atoms with Crippen molar-refractivity contribution in [2.75, 3.05) is 6.54 Å². The summed E-state index contributed by atoms with van der Waals surface area (Å²) in [7, 11) is 0. The zero-order valence-electron chi connectivity index (χ0n) is 13.3. The van der Waals surface area contributed by atoms with Crippen LogP contribution in [0.3, 0.4) is 0 Å². The van der Waals surface area contributed by atoms with Crippen molar-refractivity contribution in [1.82, 2.24) is 15.7 Å². The fraction of sp³-hybridized carbons (Fsp3) is 0.125. The van der Waals surface area contributed by atoms with Crippen molar-refractivity contribution in [2.45, 2.75) is 6.92 Å². The number of hydrazone groups is 1. The third kappa shape index (κ3) is 5.20. The number of non-ortho nitro benzene ring substituents is 1. The Labute approximate surface area is 142 Å². The van der Waals surface area contributed by atoms with Gasteiger partial charge in [-0.3, -0.25) is 24.7 Å². The van der Waals surface area contributed by atoms with Crippen molar-refractivity contribution in [2.24, 2.45) is 5.10 Å². The largest absolute Gasteiger partial charge is 0.343 e. The molecule has 0 spiro atoms. The number of hydrogen-bond donors (Lipinski definition) is 2. The molecule has 9 nitrogen and oxygen atoms in total. The van der Waals surface area contributed by atoms with Crippen LogP contribution in [0.15, 0.2) is 53.9 Å². The molecule has 0 unspecified atom stereocenters. The van der Waals surface area contributed by atoms with E-state index < -0.39 is 16.7 Å². The van der Waals surface area contributed by atoms with Gasteiger partial charge in [0.2, 0.25) is 0 Å². The van der Waals surface area contributed by atoms with E-state index in [0.29, 0.717) is 16.8 Å². The van der Waals surface area contributed by atoms with Gasteiger partial charge in [-0.2, -0.15) is 5.10 Å². The first kappa shape index (κ1) is 17.7. The van der Waals surface area contributed by atoms with E-state index in [1.807, 2.05) is 0 Å². The van der Waals surface area contributed by atoms with Crippen molar-refractivity contribution in [3.8, 4) is 0 Å². The van der Waals surface area contributed by atoms with Crippen LogP contribution in [-0.2, 0) is 4.79 Å². The van der Waals surface area contributed by atoms with Gasteiger partial charge in [0.25, 0.3) is 17.5 Å². The van der Waals surface area contributed by atoms with Crippen molar-refractivity contribution in [3.63, 3.8) is 0 Å². The second kappa shape index (κ2) is 8.29. The third-order valence-corrected chi connectivity index (χ3v) is 3.16. The number of hydrogen-bond acceptors (Lipinski definition) is 6. The number of benzene rings is 1.